The highest BCUT2D eigenvalue weighted by molar-refractivity contribution is 7.91. The van der Waals surface area contributed by atoms with E-state index in [2.05, 4.69) is 14.8 Å². The van der Waals surface area contributed by atoms with Gasteiger partial charge in [-0.3, -0.25) is 4.79 Å². The largest absolute Gasteiger partial charge is 0.586 e. The van der Waals surface area contributed by atoms with Gasteiger partial charge >= 0.3 is 6.29 Å². The first-order valence-corrected chi connectivity index (χ1v) is 9.36. The summed E-state index contributed by atoms with van der Waals surface area (Å²) in [7, 11) is -3.65. The fourth-order valence-corrected chi connectivity index (χ4v) is 3.60. The van der Waals surface area contributed by atoms with Crippen LogP contribution in [0, 0.1) is 0 Å². The first kappa shape index (κ1) is 18.4. The number of nitrogens with one attached hydrogen (secondary N) is 1. The van der Waals surface area contributed by atoms with E-state index in [1.54, 1.807) is 0 Å². The predicted octanol–water partition coefficient (Wildman–Crippen LogP) is 3.46. The van der Waals surface area contributed by atoms with Crippen LogP contribution in [-0.2, 0) is 14.6 Å². The second-order valence-corrected chi connectivity index (χ2v) is 7.95. The Hall–Kier alpha value is -2.39. The van der Waals surface area contributed by atoms with E-state index in [9.17, 15) is 22.0 Å². The lowest BCUT2D eigenvalue weighted by molar-refractivity contribution is -0.286. The summed E-state index contributed by atoms with van der Waals surface area (Å²) >= 11 is 5.71. The molecule has 0 atom stereocenters. The molecule has 0 saturated heterocycles. The molecule has 3 rings (SSSR count). The molecule has 0 saturated carbocycles. The summed E-state index contributed by atoms with van der Waals surface area (Å²) in [5.74, 6) is -1.38. The number of rotatable bonds is 5. The summed E-state index contributed by atoms with van der Waals surface area (Å²) in [5.41, 5.74) is 0.180. The van der Waals surface area contributed by atoms with Crippen molar-refractivity contribution in [2.24, 2.45) is 0 Å². The third kappa shape index (κ3) is 4.23. The van der Waals surface area contributed by atoms with Gasteiger partial charge in [-0.2, -0.15) is 0 Å². The van der Waals surface area contributed by atoms with Crippen molar-refractivity contribution in [3.63, 3.8) is 0 Å². The second-order valence-electron chi connectivity index (χ2n) is 5.40. The lowest BCUT2D eigenvalue weighted by Gasteiger charge is -2.07. The lowest BCUT2D eigenvalue weighted by Crippen LogP contribution is -2.25. The molecule has 10 heteroatoms. The normalized spacial score (nSPS) is 14.9. The highest BCUT2D eigenvalue weighted by Gasteiger charge is 2.43. The molecular formula is C16H12ClF2NO5S. The maximum Gasteiger partial charge on any atom is 0.586 e. The molecular weight excluding hydrogens is 392 g/mol. The summed E-state index contributed by atoms with van der Waals surface area (Å²) in [6, 6.07) is 9.32. The number of carbonyl (C=O) groups excluding carboxylic acids is 1. The fraction of sp³-hybridized carbons (Fsp3) is 0.188. The lowest BCUT2D eigenvalue weighted by atomic mass is 10.2. The van der Waals surface area contributed by atoms with Crippen molar-refractivity contribution in [2.45, 2.75) is 17.6 Å². The van der Waals surface area contributed by atoms with Crippen molar-refractivity contribution in [1.29, 1.82) is 0 Å². The van der Waals surface area contributed by atoms with Gasteiger partial charge in [0.15, 0.2) is 21.3 Å². The van der Waals surface area contributed by atoms with Crippen LogP contribution < -0.4 is 14.8 Å². The van der Waals surface area contributed by atoms with Gasteiger partial charge in [-0.05, 0) is 36.4 Å². The minimum Gasteiger partial charge on any atom is -0.395 e. The SMILES string of the molecule is O=C(CCS(=O)(=O)c1ccc(Cl)cc1)Nc1ccc2c(c1)OC(F)(F)O2. The molecule has 138 valence electrons. The van der Waals surface area contributed by atoms with Crippen LogP contribution in [0.2, 0.25) is 5.02 Å². The number of hydrogen-bond acceptors (Lipinski definition) is 5. The van der Waals surface area contributed by atoms with Crippen molar-refractivity contribution >= 4 is 33.0 Å². The topological polar surface area (TPSA) is 81.7 Å². The van der Waals surface area contributed by atoms with Crippen molar-refractivity contribution in [3.8, 4) is 11.5 Å². The van der Waals surface area contributed by atoms with Gasteiger partial charge in [-0.15, -0.1) is 8.78 Å². The Bertz CT molecular complexity index is 948. The number of hydrogen-bond donors (Lipinski definition) is 1. The zero-order valence-corrected chi connectivity index (χ0v) is 14.6. The molecule has 1 heterocycles. The fourth-order valence-electron chi connectivity index (χ4n) is 2.24. The average molecular weight is 404 g/mol. The van der Waals surface area contributed by atoms with Gasteiger partial charge in [-0.1, -0.05) is 11.6 Å². The van der Waals surface area contributed by atoms with E-state index in [4.69, 9.17) is 11.6 Å². The molecule has 2 aromatic rings. The van der Waals surface area contributed by atoms with E-state index in [1.807, 2.05) is 0 Å². The number of halogens is 3. The van der Waals surface area contributed by atoms with E-state index in [-0.39, 0.29) is 28.5 Å². The monoisotopic (exact) mass is 403 g/mol. The minimum absolute atomic E-state index is 0.0556. The van der Waals surface area contributed by atoms with Crippen molar-refractivity contribution in [1.82, 2.24) is 0 Å². The number of sulfone groups is 1. The Morgan fingerprint density at radius 3 is 2.42 bits per heavy atom. The zero-order valence-electron chi connectivity index (χ0n) is 13.0. The summed E-state index contributed by atoms with van der Waals surface area (Å²) in [4.78, 5) is 12.0. The standard InChI is InChI=1S/C16H12ClF2NO5S/c17-10-1-4-12(5-2-10)26(22,23)8-7-15(21)20-11-3-6-13-14(9-11)25-16(18,19)24-13/h1-6,9H,7-8H2,(H,20,21). The third-order valence-electron chi connectivity index (χ3n) is 3.46. The molecule has 0 spiro atoms. The summed E-state index contributed by atoms with van der Waals surface area (Å²) < 4.78 is 58.8. The van der Waals surface area contributed by atoms with Crippen LogP contribution in [0.4, 0.5) is 14.5 Å². The van der Waals surface area contributed by atoms with Gasteiger partial charge in [0.05, 0.1) is 10.6 Å². The van der Waals surface area contributed by atoms with Gasteiger partial charge < -0.3 is 14.8 Å². The van der Waals surface area contributed by atoms with E-state index in [1.165, 1.54) is 42.5 Å². The number of amides is 1. The van der Waals surface area contributed by atoms with Crippen LogP contribution in [0.25, 0.3) is 0 Å². The number of carbonyl (C=O) groups is 1. The molecule has 1 N–H and O–H groups in total. The molecule has 26 heavy (non-hydrogen) atoms. The van der Waals surface area contributed by atoms with Crippen molar-refractivity contribution in [2.75, 3.05) is 11.1 Å². The first-order valence-electron chi connectivity index (χ1n) is 7.33. The van der Waals surface area contributed by atoms with Crippen LogP contribution in [0.1, 0.15) is 6.42 Å². The first-order chi connectivity index (χ1) is 12.1. The van der Waals surface area contributed by atoms with Gasteiger partial charge in [0, 0.05) is 23.2 Å². The third-order valence-corrected chi connectivity index (χ3v) is 5.44. The maximum atomic E-state index is 13.0. The number of anilines is 1. The highest BCUT2D eigenvalue weighted by atomic mass is 35.5. The second kappa shape index (κ2) is 6.73. The molecule has 1 amide bonds. The molecule has 0 bridgehead atoms. The van der Waals surface area contributed by atoms with Crippen LogP contribution >= 0.6 is 11.6 Å². The molecule has 0 unspecified atom stereocenters. The molecule has 2 aromatic carbocycles. The quantitative estimate of drug-likeness (QED) is 0.826. The van der Waals surface area contributed by atoms with Crippen LogP contribution in [-0.4, -0.2) is 26.4 Å². The van der Waals surface area contributed by atoms with Crippen molar-refractivity contribution < 1.29 is 31.5 Å². The molecule has 0 radical (unpaired) electrons. The van der Waals surface area contributed by atoms with Gasteiger partial charge in [0.2, 0.25) is 5.91 Å². The van der Waals surface area contributed by atoms with Crippen LogP contribution in [0.15, 0.2) is 47.4 Å². The number of fused-ring (bicyclic) bond motifs is 1. The minimum atomic E-state index is -3.75. The number of ether oxygens (including phenoxy) is 2. The molecule has 1 aliphatic rings. The Kier molecular flexibility index (Phi) is 4.76. The van der Waals surface area contributed by atoms with Crippen LogP contribution in [0.5, 0.6) is 11.5 Å². The summed E-state index contributed by atoms with van der Waals surface area (Å²) in [6.45, 7) is 0. The molecule has 1 aliphatic heterocycles. The average Bonchev–Trinajstić information content (AvgIpc) is 2.86. The van der Waals surface area contributed by atoms with Crippen molar-refractivity contribution in [3.05, 3.63) is 47.5 Å². The highest BCUT2D eigenvalue weighted by Crippen LogP contribution is 2.42. The van der Waals surface area contributed by atoms with E-state index >= 15 is 0 Å². The number of alkyl halides is 2. The van der Waals surface area contributed by atoms with Crippen LogP contribution in [0.3, 0.4) is 0 Å². The van der Waals surface area contributed by atoms with E-state index in [0.29, 0.717) is 5.02 Å². The van der Waals surface area contributed by atoms with Gasteiger partial charge in [0.25, 0.3) is 0 Å². The van der Waals surface area contributed by atoms with E-state index < -0.39 is 27.8 Å². The molecule has 0 aromatic heterocycles. The molecule has 0 aliphatic carbocycles. The Morgan fingerprint density at radius 2 is 1.73 bits per heavy atom. The Balaban J connectivity index is 1.61. The maximum absolute atomic E-state index is 13.0. The zero-order chi connectivity index (χ0) is 18.9. The Labute approximate surface area is 152 Å². The number of benzene rings is 2. The summed E-state index contributed by atoms with van der Waals surface area (Å²) in [5, 5.41) is 2.83. The molecule has 6 nitrogen and oxygen atoms in total. The smallest absolute Gasteiger partial charge is 0.395 e. The summed E-state index contributed by atoms with van der Waals surface area (Å²) in [6.07, 6.45) is -4.06. The Morgan fingerprint density at radius 1 is 1.08 bits per heavy atom. The predicted molar refractivity (Wildman–Crippen MR) is 89.4 cm³/mol. The molecule has 0 fully saturated rings. The van der Waals surface area contributed by atoms with Gasteiger partial charge in [0.1, 0.15) is 0 Å². The van der Waals surface area contributed by atoms with Gasteiger partial charge in [-0.25, -0.2) is 8.42 Å². The van der Waals surface area contributed by atoms with E-state index in [0.717, 1.165) is 0 Å².